The molecule has 0 saturated heterocycles. The molecule has 0 fully saturated rings. The number of aryl methyl sites for hydroxylation is 1. The highest BCUT2D eigenvalue weighted by Gasteiger charge is 2.25. The third-order valence-corrected chi connectivity index (χ3v) is 5.41. The van der Waals surface area contributed by atoms with E-state index in [1.807, 2.05) is 30.3 Å². The predicted molar refractivity (Wildman–Crippen MR) is 126 cm³/mol. The van der Waals surface area contributed by atoms with Crippen molar-refractivity contribution in [3.63, 3.8) is 0 Å². The van der Waals surface area contributed by atoms with E-state index in [1.165, 1.54) is 0 Å². The predicted octanol–water partition coefficient (Wildman–Crippen LogP) is 4.03. The van der Waals surface area contributed by atoms with Gasteiger partial charge in [0.25, 0.3) is 11.7 Å². The van der Waals surface area contributed by atoms with Gasteiger partial charge in [0, 0.05) is 12.2 Å². The van der Waals surface area contributed by atoms with Crippen LogP contribution in [-0.4, -0.2) is 52.6 Å². The summed E-state index contributed by atoms with van der Waals surface area (Å²) in [5, 5.41) is 7.13. The van der Waals surface area contributed by atoms with E-state index in [2.05, 4.69) is 29.2 Å². The second-order valence-corrected chi connectivity index (χ2v) is 7.48. The standard InChI is InChI=1S/C25H30N4O3/c1-5-28(6-2)16-17-32-22-14-12-20(13-15-22)26-25(31)24(30)23-18(3)27-29(19(23)4)21-10-8-7-9-11-21/h7-15H,5-6,16-17H2,1-4H3,(H,26,31). The molecule has 1 heterocycles. The van der Waals surface area contributed by atoms with Gasteiger partial charge < -0.3 is 15.0 Å². The number of carbonyl (C=O) groups excluding carboxylic acids is 2. The van der Waals surface area contributed by atoms with E-state index in [4.69, 9.17) is 4.74 Å². The van der Waals surface area contributed by atoms with Crippen LogP contribution < -0.4 is 10.1 Å². The Morgan fingerprint density at radius 3 is 2.28 bits per heavy atom. The van der Waals surface area contributed by atoms with Crippen LogP contribution in [0.3, 0.4) is 0 Å². The molecule has 0 radical (unpaired) electrons. The van der Waals surface area contributed by atoms with Crippen molar-refractivity contribution in [2.75, 3.05) is 31.6 Å². The maximum Gasteiger partial charge on any atom is 0.296 e. The van der Waals surface area contributed by atoms with Crippen LogP contribution in [0.15, 0.2) is 54.6 Å². The van der Waals surface area contributed by atoms with Crippen LogP contribution in [0.5, 0.6) is 5.75 Å². The van der Waals surface area contributed by atoms with Gasteiger partial charge in [0.15, 0.2) is 0 Å². The molecule has 0 aliphatic rings. The summed E-state index contributed by atoms with van der Waals surface area (Å²) in [6.45, 7) is 11.2. The summed E-state index contributed by atoms with van der Waals surface area (Å²) in [4.78, 5) is 27.8. The molecule has 0 unspecified atom stereocenters. The van der Waals surface area contributed by atoms with Crippen molar-refractivity contribution in [2.45, 2.75) is 27.7 Å². The van der Waals surface area contributed by atoms with Crippen molar-refractivity contribution in [2.24, 2.45) is 0 Å². The molecule has 0 aliphatic carbocycles. The smallest absolute Gasteiger partial charge is 0.296 e. The number of rotatable bonds is 10. The zero-order valence-corrected chi connectivity index (χ0v) is 19.1. The van der Waals surface area contributed by atoms with Gasteiger partial charge >= 0.3 is 0 Å². The highest BCUT2D eigenvalue weighted by molar-refractivity contribution is 6.47. The van der Waals surface area contributed by atoms with Crippen molar-refractivity contribution < 1.29 is 14.3 Å². The van der Waals surface area contributed by atoms with Crippen molar-refractivity contribution in [3.05, 3.63) is 71.5 Å². The number of nitrogens with zero attached hydrogens (tertiary/aromatic N) is 3. The Hall–Kier alpha value is -3.45. The number of para-hydroxylation sites is 1. The first-order valence-electron chi connectivity index (χ1n) is 10.9. The van der Waals surface area contributed by atoms with Crippen molar-refractivity contribution in [3.8, 4) is 11.4 Å². The Morgan fingerprint density at radius 2 is 1.66 bits per heavy atom. The lowest BCUT2D eigenvalue weighted by Crippen LogP contribution is -2.27. The molecule has 3 rings (SSSR count). The van der Waals surface area contributed by atoms with E-state index < -0.39 is 11.7 Å². The minimum Gasteiger partial charge on any atom is -0.492 e. The van der Waals surface area contributed by atoms with Gasteiger partial charge in [0.1, 0.15) is 12.4 Å². The number of carbonyl (C=O) groups is 2. The van der Waals surface area contributed by atoms with Gasteiger partial charge in [-0.3, -0.25) is 9.59 Å². The lowest BCUT2D eigenvalue weighted by molar-refractivity contribution is -0.112. The van der Waals surface area contributed by atoms with E-state index in [0.29, 0.717) is 29.2 Å². The number of aromatic nitrogens is 2. The van der Waals surface area contributed by atoms with Gasteiger partial charge in [0.2, 0.25) is 0 Å². The first-order chi connectivity index (χ1) is 15.4. The molecule has 7 nitrogen and oxygen atoms in total. The maximum absolute atomic E-state index is 12.9. The second kappa shape index (κ2) is 10.7. The fraction of sp³-hybridized carbons (Fsp3) is 0.320. The molecule has 7 heteroatoms. The number of hydrogen-bond acceptors (Lipinski definition) is 5. The van der Waals surface area contributed by atoms with Crippen LogP contribution in [-0.2, 0) is 4.79 Å². The Labute approximate surface area is 189 Å². The topological polar surface area (TPSA) is 76.5 Å². The molecule has 0 aliphatic heterocycles. The number of ether oxygens (including phenoxy) is 1. The third kappa shape index (κ3) is 5.42. The molecule has 1 N–H and O–H groups in total. The highest BCUT2D eigenvalue weighted by atomic mass is 16.5. The maximum atomic E-state index is 12.9. The van der Waals surface area contributed by atoms with Crippen LogP contribution in [0.2, 0.25) is 0 Å². The van der Waals surface area contributed by atoms with Crippen LogP contribution >= 0.6 is 0 Å². The first-order valence-corrected chi connectivity index (χ1v) is 10.9. The zero-order valence-electron chi connectivity index (χ0n) is 19.1. The highest BCUT2D eigenvalue weighted by Crippen LogP contribution is 2.20. The molecular formula is C25H30N4O3. The summed E-state index contributed by atoms with van der Waals surface area (Å²) < 4.78 is 7.44. The summed E-state index contributed by atoms with van der Waals surface area (Å²) in [5.41, 5.74) is 2.84. The molecule has 32 heavy (non-hydrogen) atoms. The van der Waals surface area contributed by atoms with Crippen LogP contribution in [0.1, 0.15) is 35.6 Å². The van der Waals surface area contributed by atoms with E-state index in [0.717, 1.165) is 31.1 Å². The van der Waals surface area contributed by atoms with Gasteiger partial charge in [-0.15, -0.1) is 0 Å². The lowest BCUT2D eigenvalue weighted by atomic mass is 10.1. The summed E-state index contributed by atoms with van der Waals surface area (Å²) >= 11 is 0. The summed E-state index contributed by atoms with van der Waals surface area (Å²) in [7, 11) is 0. The second-order valence-electron chi connectivity index (χ2n) is 7.48. The molecule has 3 aromatic rings. The zero-order chi connectivity index (χ0) is 23.1. The summed E-state index contributed by atoms with van der Waals surface area (Å²) in [6, 6.07) is 16.5. The quantitative estimate of drug-likeness (QED) is 0.385. The molecular weight excluding hydrogens is 404 g/mol. The third-order valence-electron chi connectivity index (χ3n) is 5.41. The van der Waals surface area contributed by atoms with E-state index in [-0.39, 0.29) is 0 Å². The average Bonchev–Trinajstić information content (AvgIpc) is 3.11. The molecule has 1 amide bonds. The minimum absolute atomic E-state index is 0.322. The van der Waals surface area contributed by atoms with Crippen molar-refractivity contribution in [1.29, 1.82) is 0 Å². The number of Topliss-reactive ketones (excluding diaryl/α,β-unsaturated/α-hetero) is 1. The van der Waals surface area contributed by atoms with Crippen LogP contribution in [0.4, 0.5) is 5.69 Å². The Kier molecular flexibility index (Phi) is 7.78. The van der Waals surface area contributed by atoms with Gasteiger partial charge in [-0.1, -0.05) is 32.0 Å². The van der Waals surface area contributed by atoms with Gasteiger partial charge in [0.05, 0.1) is 22.6 Å². The van der Waals surface area contributed by atoms with E-state index >= 15 is 0 Å². The van der Waals surface area contributed by atoms with Gasteiger partial charge in [-0.05, 0) is 63.3 Å². The number of ketones is 1. The molecule has 0 atom stereocenters. The van der Waals surface area contributed by atoms with Gasteiger partial charge in [-0.25, -0.2) is 4.68 Å². The molecule has 0 saturated carbocycles. The fourth-order valence-corrected chi connectivity index (χ4v) is 3.56. The number of likely N-dealkylation sites (N-methyl/N-ethyl adjacent to an activating group) is 1. The van der Waals surface area contributed by atoms with E-state index in [1.54, 1.807) is 42.8 Å². The Morgan fingerprint density at radius 1 is 1.00 bits per heavy atom. The number of nitrogens with one attached hydrogen (secondary N) is 1. The monoisotopic (exact) mass is 434 g/mol. The van der Waals surface area contributed by atoms with Crippen molar-refractivity contribution >= 4 is 17.4 Å². The molecule has 2 aromatic carbocycles. The molecule has 0 spiro atoms. The Balaban J connectivity index is 1.64. The lowest BCUT2D eigenvalue weighted by Gasteiger charge is -2.18. The summed E-state index contributed by atoms with van der Waals surface area (Å²) in [5.74, 6) is -0.585. The number of hydrogen-bond donors (Lipinski definition) is 1. The molecule has 168 valence electrons. The van der Waals surface area contributed by atoms with Crippen LogP contribution in [0.25, 0.3) is 5.69 Å². The van der Waals surface area contributed by atoms with Crippen molar-refractivity contribution in [1.82, 2.24) is 14.7 Å². The molecule has 1 aromatic heterocycles. The largest absolute Gasteiger partial charge is 0.492 e. The Bertz CT molecular complexity index is 1050. The first kappa shape index (κ1) is 23.2. The summed E-state index contributed by atoms with van der Waals surface area (Å²) in [6.07, 6.45) is 0. The van der Waals surface area contributed by atoms with Gasteiger partial charge in [-0.2, -0.15) is 5.10 Å². The minimum atomic E-state index is -0.695. The normalized spacial score (nSPS) is 10.9. The van der Waals surface area contributed by atoms with Crippen LogP contribution in [0, 0.1) is 13.8 Å². The molecule has 0 bridgehead atoms. The van der Waals surface area contributed by atoms with E-state index in [9.17, 15) is 9.59 Å². The number of amides is 1. The number of benzene rings is 2. The average molecular weight is 435 g/mol. The number of anilines is 1. The fourth-order valence-electron chi connectivity index (χ4n) is 3.56. The SMILES string of the molecule is CCN(CC)CCOc1ccc(NC(=O)C(=O)c2c(C)nn(-c3ccccc3)c2C)cc1.